The largest absolute Gasteiger partial charge is 0.381 e. The van der Waals surface area contributed by atoms with Crippen LogP contribution in [0.2, 0.25) is 0 Å². The van der Waals surface area contributed by atoms with Crippen LogP contribution in [-0.2, 0) is 17.1 Å². The van der Waals surface area contributed by atoms with Crippen LogP contribution in [0.4, 0.5) is 5.82 Å². The number of anilines is 1. The fourth-order valence-electron chi connectivity index (χ4n) is 2.39. The molecule has 108 valence electrons. The number of thioether (sulfide) groups is 1. The highest BCUT2D eigenvalue weighted by Crippen LogP contribution is 2.31. The Morgan fingerprint density at radius 1 is 1.32 bits per heavy atom. The lowest BCUT2D eigenvalue weighted by Gasteiger charge is -2.33. The fourth-order valence-corrected chi connectivity index (χ4v) is 5.81. The smallest absolute Gasteiger partial charge is 0.248 e. The molecule has 1 aromatic heterocycles. The van der Waals surface area contributed by atoms with Crippen molar-refractivity contribution in [3.05, 3.63) is 5.69 Å². The Morgan fingerprint density at radius 3 is 2.26 bits per heavy atom. The number of hydrogen-bond donors (Lipinski definition) is 1. The highest BCUT2D eigenvalue weighted by atomic mass is 32.2. The predicted octanol–water partition coefficient (Wildman–Crippen LogP) is 0.825. The summed E-state index contributed by atoms with van der Waals surface area (Å²) < 4.78 is 28.5. The Morgan fingerprint density at radius 2 is 1.84 bits per heavy atom. The highest BCUT2D eigenvalue weighted by Gasteiger charge is 2.35. The first-order valence-electron chi connectivity index (χ1n) is 6.18. The van der Waals surface area contributed by atoms with Crippen LogP contribution in [0.1, 0.15) is 19.5 Å². The van der Waals surface area contributed by atoms with Crippen LogP contribution < -0.4 is 5.73 Å². The average molecular weight is 304 g/mol. The van der Waals surface area contributed by atoms with Gasteiger partial charge in [0, 0.05) is 30.6 Å². The van der Waals surface area contributed by atoms with Crippen LogP contribution >= 0.6 is 11.8 Å². The van der Waals surface area contributed by atoms with Gasteiger partial charge in [-0.2, -0.15) is 21.2 Å². The zero-order valence-corrected chi connectivity index (χ0v) is 13.3. The Kier molecular flexibility index (Phi) is 3.85. The van der Waals surface area contributed by atoms with Gasteiger partial charge in [0.25, 0.3) is 0 Å². The van der Waals surface area contributed by atoms with Gasteiger partial charge in [-0.25, -0.2) is 8.42 Å². The van der Waals surface area contributed by atoms with Crippen LogP contribution in [-0.4, -0.2) is 46.1 Å². The van der Waals surface area contributed by atoms with Gasteiger partial charge in [0.15, 0.2) is 5.82 Å². The van der Waals surface area contributed by atoms with Crippen molar-refractivity contribution in [1.82, 2.24) is 14.1 Å². The van der Waals surface area contributed by atoms with Crippen molar-refractivity contribution in [2.45, 2.75) is 36.2 Å². The molecule has 2 atom stereocenters. The van der Waals surface area contributed by atoms with Crippen LogP contribution in [0.15, 0.2) is 4.90 Å². The molecule has 1 aliphatic heterocycles. The molecule has 0 radical (unpaired) electrons. The fraction of sp³-hybridized carbons (Fsp3) is 0.727. The first-order valence-corrected chi connectivity index (χ1v) is 8.56. The van der Waals surface area contributed by atoms with Gasteiger partial charge in [0.2, 0.25) is 10.0 Å². The molecule has 0 amide bonds. The molecule has 0 aliphatic carbocycles. The second-order valence-electron chi connectivity index (χ2n) is 5.00. The van der Waals surface area contributed by atoms with Crippen molar-refractivity contribution in [2.75, 3.05) is 18.8 Å². The number of aryl methyl sites for hydroxylation is 1. The lowest BCUT2D eigenvalue weighted by atomic mass is 10.4. The summed E-state index contributed by atoms with van der Waals surface area (Å²) in [6.07, 6.45) is 0. The molecule has 0 bridgehead atoms. The molecule has 2 unspecified atom stereocenters. The minimum absolute atomic E-state index is 0.0820. The van der Waals surface area contributed by atoms with Gasteiger partial charge in [-0.15, -0.1) is 0 Å². The number of nitrogens with two attached hydrogens (primary N) is 1. The molecule has 0 aromatic carbocycles. The van der Waals surface area contributed by atoms with Crippen molar-refractivity contribution in [2.24, 2.45) is 7.05 Å². The third-order valence-corrected chi connectivity index (χ3v) is 6.51. The van der Waals surface area contributed by atoms with E-state index in [0.29, 0.717) is 18.8 Å². The maximum absolute atomic E-state index is 12.7. The van der Waals surface area contributed by atoms with Crippen LogP contribution in [0.5, 0.6) is 0 Å². The zero-order chi connectivity index (χ0) is 14.4. The molecule has 6 nitrogen and oxygen atoms in total. The number of nitrogens with zero attached hydrogens (tertiary/aromatic N) is 3. The molecule has 1 saturated heterocycles. The van der Waals surface area contributed by atoms with Gasteiger partial charge in [-0.1, -0.05) is 13.8 Å². The number of nitrogen functional groups attached to an aromatic ring is 1. The Bertz CT molecular complexity index is 572. The van der Waals surface area contributed by atoms with Crippen molar-refractivity contribution in [3.8, 4) is 0 Å². The van der Waals surface area contributed by atoms with Crippen molar-refractivity contribution >= 4 is 27.6 Å². The van der Waals surface area contributed by atoms with Gasteiger partial charge in [0.1, 0.15) is 4.90 Å². The molecule has 1 aromatic rings. The molecular weight excluding hydrogens is 284 g/mol. The summed E-state index contributed by atoms with van der Waals surface area (Å²) in [5.41, 5.74) is 6.34. The molecule has 19 heavy (non-hydrogen) atoms. The first-order chi connectivity index (χ1) is 8.73. The lowest BCUT2D eigenvalue weighted by Crippen LogP contribution is -2.44. The normalized spacial score (nSPS) is 25.7. The highest BCUT2D eigenvalue weighted by molar-refractivity contribution is 8.00. The number of aromatic nitrogens is 2. The lowest BCUT2D eigenvalue weighted by molar-refractivity contribution is 0.404. The van der Waals surface area contributed by atoms with E-state index in [1.54, 1.807) is 14.0 Å². The topological polar surface area (TPSA) is 81.2 Å². The van der Waals surface area contributed by atoms with Crippen LogP contribution in [0.3, 0.4) is 0 Å². The number of rotatable bonds is 2. The third kappa shape index (κ3) is 2.61. The van der Waals surface area contributed by atoms with Gasteiger partial charge < -0.3 is 5.73 Å². The van der Waals surface area contributed by atoms with E-state index in [1.807, 2.05) is 25.6 Å². The molecule has 1 fully saturated rings. The summed E-state index contributed by atoms with van der Waals surface area (Å²) >= 11 is 1.81. The van der Waals surface area contributed by atoms with Crippen molar-refractivity contribution in [1.29, 1.82) is 0 Å². The van der Waals surface area contributed by atoms with Crippen LogP contribution in [0.25, 0.3) is 0 Å². The average Bonchev–Trinajstić information content (AvgIpc) is 2.51. The van der Waals surface area contributed by atoms with Crippen LogP contribution in [0, 0.1) is 6.92 Å². The molecule has 0 saturated carbocycles. The van der Waals surface area contributed by atoms with E-state index in [4.69, 9.17) is 5.73 Å². The molecule has 2 rings (SSSR count). The predicted molar refractivity (Wildman–Crippen MR) is 77.6 cm³/mol. The second-order valence-corrected chi connectivity index (χ2v) is 8.76. The van der Waals surface area contributed by atoms with E-state index in [9.17, 15) is 8.42 Å². The summed E-state index contributed by atoms with van der Waals surface area (Å²) in [5.74, 6) is 0.0820. The van der Waals surface area contributed by atoms with E-state index in [2.05, 4.69) is 5.10 Å². The maximum Gasteiger partial charge on any atom is 0.248 e. The standard InChI is InChI=1S/C11H20N4O2S2/c1-7-5-15(6-8(2)18-7)19(16,17)10-9(3)14(4)13-11(10)12/h7-8H,5-6H2,1-4H3,(H2,12,13). The SMILES string of the molecule is Cc1c(S(=O)(=O)N2CC(C)SC(C)C2)c(N)nn1C. The van der Waals surface area contributed by atoms with E-state index >= 15 is 0 Å². The molecule has 0 spiro atoms. The quantitative estimate of drug-likeness (QED) is 0.875. The summed E-state index contributed by atoms with van der Waals surface area (Å²) in [5, 5.41) is 4.57. The van der Waals surface area contributed by atoms with E-state index in [0.717, 1.165) is 0 Å². The monoisotopic (exact) mass is 304 g/mol. The molecule has 1 aliphatic rings. The Hall–Kier alpha value is -0.730. The summed E-state index contributed by atoms with van der Waals surface area (Å²) in [6.45, 7) is 6.85. The number of sulfonamides is 1. The Balaban J connectivity index is 2.42. The van der Waals surface area contributed by atoms with Crippen molar-refractivity contribution in [3.63, 3.8) is 0 Å². The van der Waals surface area contributed by atoms with Gasteiger partial charge >= 0.3 is 0 Å². The summed E-state index contributed by atoms with van der Waals surface area (Å²) in [4.78, 5) is 0.154. The number of hydrogen-bond acceptors (Lipinski definition) is 5. The van der Waals surface area contributed by atoms with Gasteiger partial charge in [-0.3, -0.25) is 4.68 Å². The van der Waals surface area contributed by atoms with E-state index in [1.165, 1.54) is 8.99 Å². The summed E-state index contributed by atoms with van der Waals surface area (Å²) in [6, 6.07) is 0. The molecule has 2 heterocycles. The van der Waals surface area contributed by atoms with E-state index < -0.39 is 10.0 Å². The second kappa shape index (κ2) is 4.99. The zero-order valence-electron chi connectivity index (χ0n) is 11.6. The maximum atomic E-state index is 12.7. The molecule has 2 N–H and O–H groups in total. The van der Waals surface area contributed by atoms with Gasteiger partial charge in [0.05, 0.1) is 5.69 Å². The molecular formula is C11H20N4O2S2. The summed E-state index contributed by atoms with van der Waals surface area (Å²) in [7, 11) is -1.86. The minimum atomic E-state index is -3.56. The molecule has 8 heteroatoms. The minimum Gasteiger partial charge on any atom is -0.381 e. The van der Waals surface area contributed by atoms with Crippen molar-refractivity contribution < 1.29 is 8.42 Å². The van der Waals surface area contributed by atoms with Gasteiger partial charge in [-0.05, 0) is 6.92 Å². The van der Waals surface area contributed by atoms with E-state index in [-0.39, 0.29) is 21.2 Å². The first kappa shape index (κ1) is 14.7. The third-order valence-electron chi connectivity index (χ3n) is 3.29. The Labute approximate surface area is 118 Å².